The molecular weight excluding hydrogens is 263 g/mol. The van der Waals surface area contributed by atoms with Crippen molar-refractivity contribution < 1.29 is 4.39 Å². The molecule has 0 saturated heterocycles. The van der Waals surface area contributed by atoms with Gasteiger partial charge in [-0.3, -0.25) is 0 Å². The van der Waals surface area contributed by atoms with Crippen LogP contribution >= 0.6 is 11.6 Å². The Morgan fingerprint density at radius 3 is 2.58 bits per heavy atom. The third-order valence-corrected chi connectivity index (χ3v) is 3.00. The summed E-state index contributed by atoms with van der Waals surface area (Å²) in [5.41, 5.74) is 2.12. The van der Waals surface area contributed by atoms with E-state index in [1.165, 1.54) is 12.1 Å². The van der Waals surface area contributed by atoms with Crippen LogP contribution in [0.3, 0.4) is 0 Å². The van der Waals surface area contributed by atoms with Gasteiger partial charge in [-0.2, -0.15) is 5.26 Å². The van der Waals surface area contributed by atoms with Crippen LogP contribution in [0, 0.1) is 17.1 Å². The number of anilines is 1. The van der Waals surface area contributed by atoms with Crippen LogP contribution in [0.1, 0.15) is 11.1 Å². The van der Waals surface area contributed by atoms with E-state index in [1.807, 2.05) is 30.3 Å². The first-order valence-electron chi connectivity index (χ1n) is 5.87. The SMILES string of the molecule is N#Cc1cc(F)ccc1NCCc1ccc(Cl)cc1. The van der Waals surface area contributed by atoms with E-state index in [4.69, 9.17) is 16.9 Å². The molecular formula is C15H12ClFN2. The van der Waals surface area contributed by atoms with E-state index in [-0.39, 0.29) is 0 Å². The predicted molar refractivity (Wildman–Crippen MR) is 74.8 cm³/mol. The molecule has 2 rings (SSSR count). The first-order valence-corrected chi connectivity index (χ1v) is 6.25. The lowest BCUT2D eigenvalue weighted by atomic mass is 10.1. The van der Waals surface area contributed by atoms with Crippen molar-refractivity contribution in [3.05, 3.63) is 64.4 Å². The zero-order chi connectivity index (χ0) is 13.7. The second-order valence-electron chi connectivity index (χ2n) is 4.10. The summed E-state index contributed by atoms with van der Waals surface area (Å²) < 4.78 is 13.0. The van der Waals surface area contributed by atoms with E-state index in [9.17, 15) is 4.39 Å². The minimum absolute atomic E-state index is 0.316. The molecule has 1 N–H and O–H groups in total. The Bertz CT molecular complexity index is 603. The van der Waals surface area contributed by atoms with E-state index in [0.717, 1.165) is 12.0 Å². The Kier molecular flexibility index (Phi) is 4.38. The number of halogens is 2. The Morgan fingerprint density at radius 1 is 1.16 bits per heavy atom. The number of nitrogens with one attached hydrogen (secondary N) is 1. The van der Waals surface area contributed by atoms with Gasteiger partial charge in [0.25, 0.3) is 0 Å². The Labute approximate surface area is 116 Å². The zero-order valence-electron chi connectivity index (χ0n) is 10.2. The van der Waals surface area contributed by atoms with Crippen LogP contribution in [0.4, 0.5) is 10.1 Å². The topological polar surface area (TPSA) is 35.8 Å². The van der Waals surface area contributed by atoms with Crippen LogP contribution in [-0.4, -0.2) is 6.54 Å². The number of nitrogens with zero attached hydrogens (tertiary/aromatic N) is 1. The Morgan fingerprint density at radius 2 is 1.89 bits per heavy atom. The monoisotopic (exact) mass is 274 g/mol. The molecule has 4 heteroatoms. The molecule has 2 aromatic carbocycles. The summed E-state index contributed by atoms with van der Waals surface area (Å²) in [7, 11) is 0. The van der Waals surface area contributed by atoms with E-state index >= 15 is 0 Å². The van der Waals surface area contributed by atoms with Gasteiger partial charge in [-0.05, 0) is 42.3 Å². The summed E-state index contributed by atoms with van der Waals surface area (Å²) in [6.07, 6.45) is 0.805. The van der Waals surface area contributed by atoms with E-state index in [1.54, 1.807) is 6.07 Å². The van der Waals surface area contributed by atoms with Gasteiger partial charge in [0.2, 0.25) is 0 Å². The molecule has 0 bridgehead atoms. The molecule has 0 aliphatic carbocycles. The standard InChI is InChI=1S/C15H12ClFN2/c16-13-3-1-11(2-4-13)7-8-19-15-6-5-14(17)9-12(15)10-18/h1-6,9,19H,7-8H2. The van der Waals surface area contributed by atoms with Crippen molar-refractivity contribution in [1.29, 1.82) is 5.26 Å². The highest BCUT2D eigenvalue weighted by molar-refractivity contribution is 6.30. The highest BCUT2D eigenvalue weighted by Crippen LogP contribution is 2.16. The van der Waals surface area contributed by atoms with Crippen molar-refractivity contribution >= 4 is 17.3 Å². The van der Waals surface area contributed by atoms with Crippen molar-refractivity contribution in [3.63, 3.8) is 0 Å². The fourth-order valence-electron chi connectivity index (χ4n) is 1.76. The second-order valence-corrected chi connectivity index (χ2v) is 4.54. The molecule has 0 saturated carbocycles. The summed E-state index contributed by atoms with van der Waals surface area (Å²) in [6, 6.07) is 13.7. The van der Waals surface area contributed by atoms with Gasteiger partial charge in [-0.1, -0.05) is 23.7 Å². The van der Waals surface area contributed by atoms with Crippen LogP contribution < -0.4 is 5.32 Å². The average Bonchev–Trinajstić information content (AvgIpc) is 2.42. The molecule has 2 nitrogen and oxygen atoms in total. The van der Waals surface area contributed by atoms with Crippen LogP contribution in [0.25, 0.3) is 0 Å². The number of nitriles is 1. The van der Waals surface area contributed by atoms with Gasteiger partial charge in [-0.15, -0.1) is 0 Å². The molecule has 0 aliphatic heterocycles. The fraction of sp³-hybridized carbons (Fsp3) is 0.133. The highest BCUT2D eigenvalue weighted by Gasteiger charge is 2.03. The van der Waals surface area contributed by atoms with Crippen molar-refractivity contribution in [2.45, 2.75) is 6.42 Å². The molecule has 0 aromatic heterocycles. The van der Waals surface area contributed by atoms with Crippen molar-refractivity contribution in [3.8, 4) is 6.07 Å². The molecule has 2 aromatic rings. The first-order chi connectivity index (χ1) is 9.19. The van der Waals surface area contributed by atoms with Gasteiger partial charge >= 0.3 is 0 Å². The van der Waals surface area contributed by atoms with Gasteiger partial charge in [0.05, 0.1) is 11.3 Å². The average molecular weight is 275 g/mol. The normalized spacial score (nSPS) is 9.95. The molecule has 96 valence electrons. The van der Waals surface area contributed by atoms with E-state index in [0.29, 0.717) is 22.8 Å². The summed E-state index contributed by atoms with van der Waals surface area (Å²) in [6.45, 7) is 0.669. The number of hydrogen-bond acceptors (Lipinski definition) is 2. The molecule has 0 spiro atoms. The minimum Gasteiger partial charge on any atom is -0.384 e. The summed E-state index contributed by atoms with van der Waals surface area (Å²) in [4.78, 5) is 0. The number of hydrogen-bond donors (Lipinski definition) is 1. The lowest BCUT2D eigenvalue weighted by Gasteiger charge is -2.08. The van der Waals surface area contributed by atoms with Gasteiger partial charge in [0.15, 0.2) is 0 Å². The second kappa shape index (κ2) is 6.21. The summed E-state index contributed by atoms with van der Waals surface area (Å²) in [5.74, 6) is -0.403. The van der Waals surface area contributed by atoms with Crippen molar-refractivity contribution in [2.75, 3.05) is 11.9 Å². The van der Waals surface area contributed by atoms with Crippen molar-refractivity contribution in [2.24, 2.45) is 0 Å². The molecule has 19 heavy (non-hydrogen) atoms. The Hall–Kier alpha value is -2.05. The maximum absolute atomic E-state index is 13.0. The van der Waals surface area contributed by atoms with Crippen LogP contribution in [-0.2, 0) is 6.42 Å². The smallest absolute Gasteiger partial charge is 0.124 e. The summed E-state index contributed by atoms with van der Waals surface area (Å²) in [5, 5.41) is 12.8. The first kappa shape index (κ1) is 13.4. The van der Waals surface area contributed by atoms with Crippen LogP contribution in [0.15, 0.2) is 42.5 Å². The maximum atomic E-state index is 13.0. The van der Waals surface area contributed by atoms with Crippen molar-refractivity contribution in [1.82, 2.24) is 0 Å². The third-order valence-electron chi connectivity index (χ3n) is 2.74. The van der Waals surface area contributed by atoms with E-state index in [2.05, 4.69) is 5.32 Å². The van der Waals surface area contributed by atoms with Crippen LogP contribution in [0.5, 0.6) is 0 Å². The molecule has 0 aliphatic rings. The molecule has 0 atom stereocenters. The van der Waals surface area contributed by atoms with Crippen LogP contribution in [0.2, 0.25) is 5.02 Å². The third kappa shape index (κ3) is 3.70. The molecule has 0 unspecified atom stereocenters. The van der Waals surface area contributed by atoms with Gasteiger partial charge < -0.3 is 5.32 Å². The quantitative estimate of drug-likeness (QED) is 0.914. The predicted octanol–water partition coefficient (Wildman–Crippen LogP) is 4.01. The summed E-state index contributed by atoms with van der Waals surface area (Å²) >= 11 is 5.81. The largest absolute Gasteiger partial charge is 0.384 e. The lowest BCUT2D eigenvalue weighted by molar-refractivity contribution is 0.627. The molecule has 0 amide bonds. The molecule has 0 radical (unpaired) electrons. The highest BCUT2D eigenvalue weighted by atomic mass is 35.5. The number of benzene rings is 2. The lowest BCUT2D eigenvalue weighted by Crippen LogP contribution is -2.06. The molecule has 0 fully saturated rings. The maximum Gasteiger partial charge on any atom is 0.124 e. The molecule has 0 heterocycles. The minimum atomic E-state index is -0.403. The van der Waals surface area contributed by atoms with Gasteiger partial charge in [0.1, 0.15) is 11.9 Å². The van der Waals surface area contributed by atoms with Gasteiger partial charge in [-0.25, -0.2) is 4.39 Å². The number of rotatable bonds is 4. The van der Waals surface area contributed by atoms with Gasteiger partial charge in [0, 0.05) is 11.6 Å². The Balaban J connectivity index is 1.96. The zero-order valence-corrected chi connectivity index (χ0v) is 10.9. The van der Waals surface area contributed by atoms with E-state index < -0.39 is 5.82 Å². The fourth-order valence-corrected chi connectivity index (χ4v) is 1.88.